The third-order valence-electron chi connectivity index (χ3n) is 3.70. The molecule has 0 amide bonds. The van der Waals surface area contributed by atoms with Crippen LogP contribution >= 0.6 is 7.82 Å². The summed E-state index contributed by atoms with van der Waals surface area (Å²) in [5.41, 5.74) is -1.33. The number of hydrogen-bond donors (Lipinski definition) is 4. The molecule has 1 aromatic rings. The third kappa shape index (κ3) is 4.41. The highest BCUT2D eigenvalue weighted by Gasteiger charge is 2.37. The van der Waals surface area contributed by atoms with Crippen molar-refractivity contribution in [2.75, 3.05) is 6.61 Å². The molecule has 1 aromatic heterocycles. The normalized spacial score (nSPS) is 25.2. The van der Waals surface area contributed by atoms with Crippen molar-refractivity contribution in [3.63, 3.8) is 0 Å². The maximum atomic E-state index is 12.0. The van der Waals surface area contributed by atoms with Gasteiger partial charge in [0.2, 0.25) is 0 Å². The van der Waals surface area contributed by atoms with E-state index in [9.17, 15) is 19.3 Å². The summed E-state index contributed by atoms with van der Waals surface area (Å²) in [6, 6.07) is 0. The minimum Gasteiger partial charge on any atom is -0.390 e. The van der Waals surface area contributed by atoms with E-state index in [0.29, 0.717) is 5.56 Å². The first-order chi connectivity index (χ1) is 10.9. The SMILES string of the molecule is CC(C)(C)c1cn([C@H]2C[C@H](O)[C@@H](COP(=O)(O)O)O2)c(=O)[nH]c1=O. The molecule has 0 bridgehead atoms. The van der Waals surface area contributed by atoms with Gasteiger partial charge in [-0.1, -0.05) is 20.8 Å². The van der Waals surface area contributed by atoms with Crippen LogP contribution in [0.25, 0.3) is 0 Å². The van der Waals surface area contributed by atoms with Crippen LogP contribution in [0.2, 0.25) is 0 Å². The van der Waals surface area contributed by atoms with E-state index >= 15 is 0 Å². The summed E-state index contributed by atoms with van der Waals surface area (Å²) in [5.74, 6) is 0. The van der Waals surface area contributed by atoms with Crippen LogP contribution < -0.4 is 11.2 Å². The number of phosphoric ester groups is 1. The van der Waals surface area contributed by atoms with Gasteiger partial charge in [0.25, 0.3) is 5.56 Å². The van der Waals surface area contributed by atoms with Crippen molar-refractivity contribution in [1.82, 2.24) is 9.55 Å². The first kappa shape index (κ1) is 19.0. The molecule has 1 aliphatic rings. The van der Waals surface area contributed by atoms with E-state index < -0.39 is 49.5 Å². The highest BCUT2D eigenvalue weighted by Crippen LogP contribution is 2.38. The second kappa shape index (κ2) is 6.55. The van der Waals surface area contributed by atoms with Crippen LogP contribution in [0.15, 0.2) is 15.8 Å². The first-order valence-corrected chi connectivity index (χ1v) is 8.81. The molecular formula is C13H21N2O8P. The summed E-state index contributed by atoms with van der Waals surface area (Å²) in [6.45, 7) is 4.92. The van der Waals surface area contributed by atoms with Crippen molar-refractivity contribution in [2.24, 2.45) is 0 Å². The monoisotopic (exact) mass is 364 g/mol. The lowest BCUT2D eigenvalue weighted by molar-refractivity contribution is -0.0452. The molecule has 0 aliphatic carbocycles. The molecule has 3 atom stereocenters. The highest BCUT2D eigenvalue weighted by molar-refractivity contribution is 7.46. The number of phosphoric acid groups is 1. The van der Waals surface area contributed by atoms with Gasteiger partial charge in [-0.2, -0.15) is 0 Å². The molecule has 1 aliphatic heterocycles. The average molecular weight is 364 g/mol. The molecular weight excluding hydrogens is 343 g/mol. The number of nitrogens with one attached hydrogen (secondary N) is 1. The number of nitrogens with zero attached hydrogens (tertiary/aromatic N) is 1. The number of aliphatic hydroxyl groups excluding tert-OH is 1. The predicted molar refractivity (Wildman–Crippen MR) is 82.6 cm³/mol. The lowest BCUT2D eigenvalue weighted by Gasteiger charge is -2.21. The quantitative estimate of drug-likeness (QED) is 0.527. The van der Waals surface area contributed by atoms with E-state index in [0.717, 1.165) is 4.57 Å². The van der Waals surface area contributed by atoms with Gasteiger partial charge in [-0.05, 0) is 5.41 Å². The largest absolute Gasteiger partial charge is 0.469 e. The Morgan fingerprint density at radius 1 is 1.42 bits per heavy atom. The van der Waals surface area contributed by atoms with E-state index in [4.69, 9.17) is 14.5 Å². The van der Waals surface area contributed by atoms with Gasteiger partial charge in [0.1, 0.15) is 12.3 Å². The van der Waals surface area contributed by atoms with Crippen LogP contribution in [-0.4, -0.2) is 43.3 Å². The molecule has 1 saturated heterocycles. The Kier molecular flexibility index (Phi) is 5.19. The predicted octanol–water partition coefficient (Wildman–Crippen LogP) is -0.408. The summed E-state index contributed by atoms with van der Waals surface area (Å²) >= 11 is 0. The van der Waals surface area contributed by atoms with Crippen LogP contribution in [0.3, 0.4) is 0 Å². The summed E-state index contributed by atoms with van der Waals surface area (Å²) in [5, 5.41) is 9.95. The van der Waals surface area contributed by atoms with Crippen molar-refractivity contribution in [3.05, 3.63) is 32.6 Å². The molecule has 0 aromatic carbocycles. The number of H-pyrrole nitrogens is 1. The Hall–Kier alpha value is -1.29. The fourth-order valence-electron chi connectivity index (χ4n) is 2.44. The number of aliphatic hydroxyl groups is 1. The minimum absolute atomic E-state index is 0.0186. The lowest BCUT2D eigenvalue weighted by atomic mass is 9.89. The Bertz CT molecular complexity index is 758. The summed E-state index contributed by atoms with van der Waals surface area (Å²) in [6.07, 6.45) is -1.55. The van der Waals surface area contributed by atoms with E-state index in [1.54, 1.807) is 0 Å². The van der Waals surface area contributed by atoms with E-state index in [-0.39, 0.29) is 6.42 Å². The van der Waals surface area contributed by atoms with Gasteiger partial charge in [-0.25, -0.2) is 9.36 Å². The van der Waals surface area contributed by atoms with Gasteiger partial charge in [0, 0.05) is 18.2 Å². The van der Waals surface area contributed by atoms with Crippen molar-refractivity contribution in [1.29, 1.82) is 0 Å². The first-order valence-electron chi connectivity index (χ1n) is 7.28. The number of ether oxygens (including phenoxy) is 1. The Morgan fingerprint density at radius 3 is 2.58 bits per heavy atom. The lowest BCUT2D eigenvalue weighted by Crippen LogP contribution is -2.37. The van der Waals surface area contributed by atoms with Gasteiger partial charge in [-0.3, -0.25) is 18.9 Å². The van der Waals surface area contributed by atoms with Crippen LogP contribution in [-0.2, 0) is 19.2 Å². The zero-order valence-electron chi connectivity index (χ0n) is 13.5. The second-order valence-electron chi connectivity index (χ2n) is 6.68. The number of hydrogen-bond acceptors (Lipinski definition) is 6. The van der Waals surface area contributed by atoms with Crippen LogP contribution in [0, 0.1) is 0 Å². The fraction of sp³-hybridized carbons (Fsp3) is 0.692. The van der Waals surface area contributed by atoms with Crippen molar-refractivity contribution in [2.45, 2.75) is 51.0 Å². The molecule has 24 heavy (non-hydrogen) atoms. The number of aromatic amines is 1. The Balaban J connectivity index is 2.26. The van der Waals surface area contributed by atoms with Crippen molar-refractivity contribution in [3.8, 4) is 0 Å². The topological polar surface area (TPSA) is 151 Å². The maximum absolute atomic E-state index is 12.0. The van der Waals surface area contributed by atoms with Gasteiger partial charge in [-0.15, -0.1) is 0 Å². The molecule has 10 nitrogen and oxygen atoms in total. The number of rotatable bonds is 4. The standard InChI is InChI=1S/C13H21N2O8P/c1-13(2,3)7-5-15(12(18)14-11(7)17)10-4-8(16)9(23-10)6-22-24(19,20)21/h5,8-10,16H,4,6H2,1-3H3,(H,14,17,18)(H2,19,20,21)/t8-,9+,10+/m0/s1. The number of aromatic nitrogens is 2. The van der Waals surface area contributed by atoms with Gasteiger partial charge in [0.15, 0.2) is 0 Å². The Morgan fingerprint density at radius 2 is 2.04 bits per heavy atom. The summed E-state index contributed by atoms with van der Waals surface area (Å²) in [4.78, 5) is 43.6. The van der Waals surface area contributed by atoms with Crippen molar-refractivity contribution >= 4 is 7.82 Å². The molecule has 2 heterocycles. The molecule has 0 spiro atoms. The summed E-state index contributed by atoms with van der Waals surface area (Å²) in [7, 11) is -4.69. The van der Waals surface area contributed by atoms with Gasteiger partial charge in [0.05, 0.1) is 12.7 Å². The molecule has 4 N–H and O–H groups in total. The molecule has 2 rings (SSSR count). The van der Waals surface area contributed by atoms with Crippen LogP contribution in [0.5, 0.6) is 0 Å². The minimum atomic E-state index is -4.69. The average Bonchev–Trinajstić information content (AvgIpc) is 2.75. The highest BCUT2D eigenvalue weighted by atomic mass is 31.2. The smallest absolute Gasteiger partial charge is 0.390 e. The maximum Gasteiger partial charge on any atom is 0.469 e. The molecule has 0 unspecified atom stereocenters. The fourth-order valence-corrected chi connectivity index (χ4v) is 2.78. The second-order valence-corrected chi connectivity index (χ2v) is 7.92. The van der Waals surface area contributed by atoms with Crippen LogP contribution in [0.1, 0.15) is 39.0 Å². The zero-order valence-corrected chi connectivity index (χ0v) is 14.4. The van der Waals surface area contributed by atoms with Gasteiger partial charge >= 0.3 is 13.5 Å². The molecule has 0 radical (unpaired) electrons. The van der Waals surface area contributed by atoms with Gasteiger partial charge < -0.3 is 19.6 Å². The Labute approximate surface area is 137 Å². The molecule has 0 saturated carbocycles. The molecule has 1 fully saturated rings. The zero-order chi connectivity index (χ0) is 18.3. The van der Waals surface area contributed by atoms with E-state index in [2.05, 4.69) is 9.51 Å². The van der Waals surface area contributed by atoms with E-state index in [1.165, 1.54) is 6.20 Å². The third-order valence-corrected chi connectivity index (χ3v) is 4.18. The van der Waals surface area contributed by atoms with E-state index in [1.807, 2.05) is 20.8 Å². The molecule has 11 heteroatoms. The van der Waals surface area contributed by atoms with Crippen LogP contribution in [0.4, 0.5) is 0 Å². The molecule has 136 valence electrons. The summed E-state index contributed by atoms with van der Waals surface area (Å²) < 4.78 is 21.7. The van der Waals surface area contributed by atoms with Crippen molar-refractivity contribution < 1.29 is 28.7 Å².